The molecular weight excluding hydrogens is 441 g/mol. The van der Waals surface area contributed by atoms with E-state index >= 15 is 0 Å². The Morgan fingerprint density at radius 3 is 2.37 bits per heavy atom. The van der Waals surface area contributed by atoms with Crippen molar-refractivity contribution in [2.24, 2.45) is 0 Å². The summed E-state index contributed by atoms with van der Waals surface area (Å²) in [6.45, 7) is 1.77. The molecule has 2 aromatic carbocycles. The van der Waals surface area contributed by atoms with Crippen molar-refractivity contribution in [2.45, 2.75) is 13.1 Å². The number of pyridine rings is 1. The van der Waals surface area contributed by atoms with Gasteiger partial charge < -0.3 is 5.32 Å². The maximum absolute atomic E-state index is 13.8. The molecule has 2 heterocycles. The second-order valence-corrected chi connectivity index (χ2v) is 7.41. The van der Waals surface area contributed by atoms with Crippen LogP contribution < -0.4 is 5.32 Å². The molecule has 0 aliphatic rings. The Kier molecular flexibility index (Phi) is 5.11. The molecule has 0 fully saturated rings. The number of alkyl halides is 3. The summed E-state index contributed by atoms with van der Waals surface area (Å²) in [5.41, 5.74) is 0.685. The first-order valence-corrected chi connectivity index (χ1v) is 9.48. The van der Waals surface area contributed by atoms with Gasteiger partial charge in [-0.05, 0) is 48.9 Å². The van der Waals surface area contributed by atoms with E-state index in [-0.39, 0.29) is 27.7 Å². The third-order valence-corrected chi connectivity index (χ3v) is 5.21. The maximum Gasteiger partial charge on any atom is 0.431 e. The molecule has 0 bridgehead atoms. The van der Waals surface area contributed by atoms with Crippen molar-refractivity contribution in [3.63, 3.8) is 0 Å². The summed E-state index contributed by atoms with van der Waals surface area (Å²) in [5, 5.41) is 3.35. The van der Waals surface area contributed by atoms with Gasteiger partial charge in [0.15, 0.2) is 0 Å². The molecule has 3 nitrogen and oxygen atoms in total. The van der Waals surface area contributed by atoms with Crippen LogP contribution in [-0.4, -0.2) is 9.38 Å². The number of anilines is 2. The van der Waals surface area contributed by atoms with Crippen LogP contribution in [-0.2, 0) is 6.18 Å². The van der Waals surface area contributed by atoms with Crippen molar-refractivity contribution in [2.75, 3.05) is 5.32 Å². The van der Waals surface area contributed by atoms with Gasteiger partial charge in [0.1, 0.15) is 28.7 Å². The number of hydrogen-bond acceptors (Lipinski definition) is 2. The largest absolute Gasteiger partial charge is 0.431 e. The van der Waals surface area contributed by atoms with E-state index in [1.807, 2.05) is 0 Å². The van der Waals surface area contributed by atoms with Crippen molar-refractivity contribution in [1.82, 2.24) is 9.38 Å². The summed E-state index contributed by atoms with van der Waals surface area (Å²) in [6, 6.07) is 12.4. The van der Waals surface area contributed by atoms with Gasteiger partial charge in [0.2, 0.25) is 0 Å². The molecule has 0 saturated heterocycles. The van der Waals surface area contributed by atoms with Crippen LogP contribution in [0.25, 0.3) is 16.9 Å². The standard InChI is InChI=1S/C21H13Cl2F4N3/c1-11-4-2-5-14(22)18(11)29-20-19(13-9-8-12(24)10-15(13)23)28-17-7-3-6-16(30(17)20)21(25,26)27/h2-10,29H,1H3. The predicted octanol–water partition coefficient (Wildman–Crippen LogP) is 7.52. The zero-order valence-corrected chi connectivity index (χ0v) is 16.9. The number of rotatable bonds is 3. The van der Waals surface area contributed by atoms with Crippen LogP contribution in [0.3, 0.4) is 0 Å². The fraction of sp³-hybridized carbons (Fsp3) is 0.0952. The lowest BCUT2D eigenvalue weighted by Crippen LogP contribution is -2.13. The molecule has 0 saturated carbocycles. The van der Waals surface area contributed by atoms with Gasteiger partial charge in [-0.2, -0.15) is 13.2 Å². The molecule has 4 rings (SSSR count). The smallest absolute Gasteiger partial charge is 0.338 e. The van der Waals surface area contributed by atoms with Crippen LogP contribution in [0.15, 0.2) is 54.6 Å². The second-order valence-electron chi connectivity index (χ2n) is 6.59. The van der Waals surface area contributed by atoms with Crippen molar-refractivity contribution >= 4 is 40.4 Å². The summed E-state index contributed by atoms with van der Waals surface area (Å²) >= 11 is 12.5. The van der Waals surface area contributed by atoms with E-state index < -0.39 is 17.7 Å². The Labute approximate surface area is 178 Å². The highest BCUT2D eigenvalue weighted by atomic mass is 35.5. The first-order chi connectivity index (χ1) is 14.2. The molecule has 4 aromatic rings. The minimum Gasteiger partial charge on any atom is -0.338 e. The number of aryl methyl sites for hydroxylation is 1. The molecular formula is C21H13Cl2F4N3. The molecule has 0 unspecified atom stereocenters. The van der Waals surface area contributed by atoms with Crippen molar-refractivity contribution in [3.8, 4) is 11.3 Å². The van der Waals surface area contributed by atoms with Gasteiger partial charge in [-0.3, -0.25) is 4.40 Å². The predicted molar refractivity (Wildman–Crippen MR) is 110 cm³/mol. The quantitative estimate of drug-likeness (QED) is 0.325. The van der Waals surface area contributed by atoms with Gasteiger partial charge in [0.05, 0.1) is 15.7 Å². The Hall–Kier alpha value is -2.77. The molecule has 0 amide bonds. The number of hydrogen-bond donors (Lipinski definition) is 1. The average molecular weight is 454 g/mol. The SMILES string of the molecule is Cc1cccc(Cl)c1Nc1c(-c2ccc(F)cc2Cl)nc2cccc(C(F)(F)F)n12. The summed E-state index contributed by atoms with van der Waals surface area (Å²) in [5.74, 6) is -0.553. The van der Waals surface area contributed by atoms with E-state index in [1.165, 1.54) is 24.3 Å². The molecule has 0 spiro atoms. The van der Waals surface area contributed by atoms with Gasteiger partial charge >= 0.3 is 6.18 Å². The van der Waals surface area contributed by atoms with Crippen LogP contribution >= 0.6 is 23.2 Å². The highest BCUT2D eigenvalue weighted by molar-refractivity contribution is 6.34. The number of fused-ring (bicyclic) bond motifs is 1. The topological polar surface area (TPSA) is 29.3 Å². The zero-order valence-electron chi connectivity index (χ0n) is 15.4. The number of benzene rings is 2. The number of para-hydroxylation sites is 1. The Morgan fingerprint density at radius 1 is 0.967 bits per heavy atom. The molecule has 9 heteroatoms. The van der Waals surface area contributed by atoms with E-state index in [1.54, 1.807) is 25.1 Å². The first-order valence-electron chi connectivity index (χ1n) is 8.73. The lowest BCUT2D eigenvalue weighted by Gasteiger charge is -2.16. The van der Waals surface area contributed by atoms with Crippen LogP contribution in [0.5, 0.6) is 0 Å². The number of nitrogens with zero attached hydrogens (tertiary/aromatic N) is 2. The molecule has 30 heavy (non-hydrogen) atoms. The third-order valence-electron chi connectivity index (χ3n) is 4.59. The Balaban J connectivity index is 2.06. The summed E-state index contributed by atoms with van der Waals surface area (Å²) in [6.07, 6.45) is -4.64. The lowest BCUT2D eigenvalue weighted by atomic mass is 10.1. The molecule has 1 N–H and O–H groups in total. The van der Waals surface area contributed by atoms with Gasteiger partial charge in [-0.15, -0.1) is 0 Å². The van der Waals surface area contributed by atoms with Gasteiger partial charge in [-0.1, -0.05) is 41.4 Å². The van der Waals surface area contributed by atoms with Crippen LogP contribution in [0.1, 0.15) is 11.3 Å². The number of nitrogens with one attached hydrogen (secondary N) is 1. The first kappa shape index (κ1) is 20.5. The van der Waals surface area contributed by atoms with E-state index in [0.717, 1.165) is 22.1 Å². The third kappa shape index (κ3) is 3.59. The zero-order chi connectivity index (χ0) is 21.6. The Bertz CT molecular complexity index is 1250. The van der Waals surface area contributed by atoms with Gasteiger partial charge in [0, 0.05) is 5.56 Å². The van der Waals surface area contributed by atoms with E-state index in [4.69, 9.17) is 23.2 Å². The number of halogens is 6. The fourth-order valence-corrected chi connectivity index (χ4v) is 3.73. The van der Waals surface area contributed by atoms with Crippen LogP contribution in [0.2, 0.25) is 10.0 Å². The Morgan fingerprint density at radius 2 is 1.70 bits per heavy atom. The van der Waals surface area contributed by atoms with Crippen molar-refractivity contribution in [1.29, 1.82) is 0 Å². The van der Waals surface area contributed by atoms with E-state index in [2.05, 4.69) is 10.3 Å². The molecule has 0 radical (unpaired) electrons. The molecule has 0 aliphatic carbocycles. The van der Waals surface area contributed by atoms with E-state index in [0.29, 0.717) is 10.7 Å². The lowest BCUT2D eigenvalue weighted by molar-refractivity contribution is -0.141. The minimum atomic E-state index is -4.64. The van der Waals surface area contributed by atoms with Gasteiger partial charge in [-0.25, -0.2) is 9.37 Å². The summed E-state index contributed by atoms with van der Waals surface area (Å²) in [4.78, 5) is 4.35. The molecule has 0 aliphatic heterocycles. The monoisotopic (exact) mass is 453 g/mol. The van der Waals surface area contributed by atoms with Crippen LogP contribution in [0, 0.1) is 12.7 Å². The number of aromatic nitrogens is 2. The van der Waals surface area contributed by atoms with Gasteiger partial charge in [0.25, 0.3) is 0 Å². The van der Waals surface area contributed by atoms with E-state index in [9.17, 15) is 17.6 Å². The highest BCUT2D eigenvalue weighted by Gasteiger charge is 2.35. The average Bonchev–Trinajstić information content (AvgIpc) is 3.02. The molecule has 154 valence electrons. The molecule has 2 aromatic heterocycles. The fourth-order valence-electron chi connectivity index (χ4n) is 3.21. The maximum atomic E-state index is 13.8. The second kappa shape index (κ2) is 7.49. The molecule has 0 atom stereocenters. The van der Waals surface area contributed by atoms with Crippen LogP contribution in [0.4, 0.5) is 29.1 Å². The highest BCUT2D eigenvalue weighted by Crippen LogP contribution is 2.40. The normalized spacial score (nSPS) is 11.8. The minimum absolute atomic E-state index is 0.0163. The van der Waals surface area contributed by atoms with Crippen molar-refractivity contribution in [3.05, 3.63) is 81.7 Å². The van der Waals surface area contributed by atoms with Crippen molar-refractivity contribution < 1.29 is 17.6 Å². The summed E-state index contributed by atoms with van der Waals surface area (Å²) in [7, 11) is 0. The summed E-state index contributed by atoms with van der Waals surface area (Å²) < 4.78 is 55.8. The number of imidazole rings is 1.